The first-order valence-electron chi connectivity index (χ1n) is 6.90. The van der Waals surface area contributed by atoms with Crippen LogP contribution in [0.1, 0.15) is 38.3 Å². The smallest absolute Gasteiger partial charge is 0.313 e. The van der Waals surface area contributed by atoms with Gasteiger partial charge in [-0.15, -0.1) is 0 Å². The maximum Gasteiger partial charge on any atom is 0.416 e. The summed E-state index contributed by atoms with van der Waals surface area (Å²) in [6.07, 6.45) is -1.44. The summed E-state index contributed by atoms with van der Waals surface area (Å²) < 4.78 is 37.4. The molecule has 1 aromatic rings. The molecule has 20 heavy (non-hydrogen) atoms. The lowest BCUT2D eigenvalue weighted by Gasteiger charge is -2.10. The predicted octanol–water partition coefficient (Wildman–Crippen LogP) is 4.74. The highest BCUT2D eigenvalue weighted by Crippen LogP contribution is 2.29. The maximum absolute atomic E-state index is 12.5. The van der Waals surface area contributed by atoms with Crippen LogP contribution in [0.3, 0.4) is 0 Å². The summed E-state index contributed by atoms with van der Waals surface area (Å²) in [4.78, 5) is 0. The first kappa shape index (κ1) is 16.8. The molecule has 0 atom stereocenters. The van der Waals surface area contributed by atoms with Crippen molar-refractivity contribution in [1.82, 2.24) is 5.32 Å². The van der Waals surface area contributed by atoms with E-state index in [1.165, 1.54) is 17.7 Å². The SMILES string of the molecule is CCC(=Cc1ccc(C(F)(F)F)cc1)CNCC(C)C. The largest absolute Gasteiger partial charge is 0.416 e. The van der Waals surface area contributed by atoms with Gasteiger partial charge in [-0.3, -0.25) is 0 Å². The highest BCUT2D eigenvalue weighted by molar-refractivity contribution is 5.53. The van der Waals surface area contributed by atoms with Crippen molar-refractivity contribution in [1.29, 1.82) is 0 Å². The topological polar surface area (TPSA) is 12.0 Å². The Morgan fingerprint density at radius 1 is 1.20 bits per heavy atom. The van der Waals surface area contributed by atoms with Crippen molar-refractivity contribution in [3.8, 4) is 0 Å². The zero-order valence-corrected chi connectivity index (χ0v) is 12.2. The summed E-state index contributed by atoms with van der Waals surface area (Å²) in [5, 5.41) is 3.34. The predicted molar refractivity (Wildman–Crippen MR) is 77.4 cm³/mol. The van der Waals surface area contributed by atoms with Crippen molar-refractivity contribution in [2.45, 2.75) is 33.4 Å². The molecule has 1 rings (SSSR count). The minimum Gasteiger partial charge on any atom is -0.313 e. The summed E-state index contributed by atoms with van der Waals surface area (Å²) in [6.45, 7) is 8.03. The Bertz CT molecular complexity index is 430. The van der Waals surface area contributed by atoms with Gasteiger partial charge in [0, 0.05) is 6.54 Å². The summed E-state index contributed by atoms with van der Waals surface area (Å²) in [7, 11) is 0. The van der Waals surface area contributed by atoms with Gasteiger partial charge in [0.05, 0.1) is 5.56 Å². The van der Waals surface area contributed by atoms with Gasteiger partial charge in [-0.1, -0.05) is 44.6 Å². The van der Waals surface area contributed by atoms with Gasteiger partial charge in [-0.25, -0.2) is 0 Å². The Balaban J connectivity index is 2.70. The van der Waals surface area contributed by atoms with Gasteiger partial charge in [0.15, 0.2) is 0 Å². The van der Waals surface area contributed by atoms with Gasteiger partial charge in [0.1, 0.15) is 0 Å². The van der Waals surface area contributed by atoms with Crippen molar-refractivity contribution in [3.63, 3.8) is 0 Å². The van der Waals surface area contributed by atoms with Crippen LogP contribution in [0.4, 0.5) is 13.2 Å². The minimum atomic E-state index is -4.27. The van der Waals surface area contributed by atoms with Crippen LogP contribution in [0.15, 0.2) is 29.8 Å². The quantitative estimate of drug-likeness (QED) is 0.795. The van der Waals surface area contributed by atoms with E-state index in [1.807, 2.05) is 13.0 Å². The Labute approximate surface area is 118 Å². The third-order valence-corrected chi connectivity index (χ3v) is 2.97. The molecule has 112 valence electrons. The normalized spacial score (nSPS) is 13.1. The van der Waals surface area contributed by atoms with Crippen LogP contribution in [0.25, 0.3) is 6.08 Å². The summed E-state index contributed by atoms with van der Waals surface area (Å²) in [5.41, 5.74) is 1.39. The number of nitrogens with one attached hydrogen (secondary N) is 1. The van der Waals surface area contributed by atoms with E-state index in [2.05, 4.69) is 19.2 Å². The van der Waals surface area contributed by atoms with Crippen LogP contribution >= 0.6 is 0 Å². The number of hydrogen-bond donors (Lipinski definition) is 1. The summed E-state index contributed by atoms with van der Waals surface area (Å²) >= 11 is 0. The second kappa shape index (κ2) is 7.48. The van der Waals surface area contributed by atoms with Gasteiger partial charge in [-0.2, -0.15) is 13.2 Å². The lowest BCUT2D eigenvalue weighted by atomic mass is 10.1. The van der Waals surface area contributed by atoms with Crippen LogP contribution < -0.4 is 5.32 Å². The van der Waals surface area contributed by atoms with Crippen LogP contribution in [0.5, 0.6) is 0 Å². The Hall–Kier alpha value is -1.29. The molecule has 0 aliphatic carbocycles. The molecule has 0 saturated carbocycles. The molecule has 1 N–H and O–H groups in total. The molecule has 0 aromatic heterocycles. The zero-order chi connectivity index (χ0) is 15.2. The molecule has 0 heterocycles. The molecule has 4 heteroatoms. The molecule has 0 aliphatic heterocycles. The molecule has 1 nitrogen and oxygen atoms in total. The molecule has 0 fully saturated rings. The highest BCUT2D eigenvalue weighted by atomic mass is 19.4. The minimum absolute atomic E-state index is 0.583. The molecular formula is C16H22F3N. The van der Waals surface area contributed by atoms with E-state index < -0.39 is 11.7 Å². The molecule has 0 aliphatic rings. The second-order valence-corrected chi connectivity index (χ2v) is 5.30. The fourth-order valence-electron chi connectivity index (χ4n) is 1.80. The Kier molecular flexibility index (Phi) is 6.27. The van der Waals surface area contributed by atoms with Crippen molar-refractivity contribution in [2.75, 3.05) is 13.1 Å². The standard InChI is InChI=1S/C16H22F3N/c1-4-13(11-20-10-12(2)3)9-14-5-7-15(8-6-14)16(17,18)19/h5-9,12,20H,4,10-11H2,1-3H3. The van der Waals surface area contributed by atoms with Crippen molar-refractivity contribution < 1.29 is 13.2 Å². The van der Waals surface area contributed by atoms with E-state index in [1.54, 1.807) is 0 Å². The summed E-state index contributed by atoms with van der Waals surface area (Å²) in [5.74, 6) is 0.583. The van der Waals surface area contributed by atoms with Crippen molar-refractivity contribution >= 4 is 6.08 Å². The van der Waals surface area contributed by atoms with E-state index in [0.717, 1.165) is 37.2 Å². The third-order valence-electron chi connectivity index (χ3n) is 2.97. The Morgan fingerprint density at radius 3 is 2.25 bits per heavy atom. The lowest BCUT2D eigenvalue weighted by Crippen LogP contribution is -2.21. The van der Waals surface area contributed by atoms with Gasteiger partial charge in [0.25, 0.3) is 0 Å². The molecule has 0 saturated heterocycles. The van der Waals surface area contributed by atoms with Crippen LogP contribution in [0.2, 0.25) is 0 Å². The number of hydrogen-bond acceptors (Lipinski definition) is 1. The van der Waals surface area contributed by atoms with E-state index in [9.17, 15) is 13.2 Å². The van der Waals surface area contributed by atoms with E-state index in [4.69, 9.17) is 0 Å². The molecule has 0 amide bonds. The van der Waals surface area contributed by atoms with Crippen LogP contribution in [-0.4, -0.2) is 13.1 Å². The van der Waals surface area contributed by atoms with Gasteiger partial charge in [0.2, 0.25) is 0 Å². The number of alkyl halides is 3. The zero-order valence-electron chi connectivity index (χ0n) is 12.2. The Morgan fingerprint density at radius 2 is 1.80 bits per heavy atom. The van der Waals surface area contributed by atoms with Crippen LogP contribution in [0, 0.1) is 5.92 Å². The first-order chi connectivity index (χ1) is 9.32. The van der Waals surface area contributed by atoms with E-state index >= 15 is 0 Å². The highest BCUT2D eigenvalue weighted by Gasteiger charge is 2.29. The van der Waals surface area contributed by atoms with E-state index in [-0.39, 0.29) is 0 Å². The van der Waals surface area contributed by atoms with E-state index in [0.29, 0.717) is 5.92 Å². The molecule has 0 radical (unpaired) electrons. The maximum atomic E-state index is 12.5. The fourth-order valence-corrected chi connectivity index (χ4v) is 1.80. The number of benzene rings is 1. The molecular weight excluding hydrogens is 263 g/mol. The van der Waals surface area contributed by atoms with Gasteiger partial charge in [-0.05, 0) is 36.6 Å². The average molecular weight is 285 g/mol. The lowest BCUT2D eigenvalue weighted by molar-refractivity contribution is -0.137. The van der Waals surface area contributed by atoms with Gasteiger partial charge < -0.3 is 5.32 Å². The van der Waals surface area contributed by atoms with Crippen molar-refractivity contribution in [3.05, 3.63) is 41.0 Å². The molecule has 0 unspecified atom stereocenters. The number of rotatable bonds is 6. The molecule has 0 bridgehead atoms. The fraction of sp³-hybridized carbons (Fsp3) is 0.500. The monoisotopic (exact) mass is 285 g/mol. The average Bonchev–Trinajstić information content (AvgIpc) is 2.36. The third kappa shape index (κ3) is 5.78. The second-order valence-electron chi connectivity index (χ2n) is 5.30. The first-order valence-corrected chi connectivity index (χ1v) is 6.90. The van der Waals surface area contributed by atoms with Crippen LogP contribution in [-0.2, 0) is 6.18 Å². The summed E-state index contributed by atoms with van der Waals surface area (Å²) in [6, 6.07) is 5.28. The van der Waals surface area contributed by atoms with Gasteiger partial charge >= 0.3 is 6.18 Å². The number of halogens is 3. The molecule has 1 aromatic carbocycles. The molecule has 0 spiro atoms. The van der Waals surface area contributed by atoms with Crippen molar-refractivity contribution in [2.24, 2.45) is 5.92 Å².